The van der Waals surface area contributed by atoms with Crippen molar-refractivity contribution < 1.29 is 23.9 Å². The number of benzene rings is 1. The van der Waals surface area contributed by atoms with Gasteiger partial charge in [0, 0.05) is 31.4 Å². The lowest BCUT2D eigenvalue weighted by Gasteiger charge is -2.26. The number of carbonyl (C=O) groups is 4. The first-order valence-electron chi connectivity index (χ1n) is 15.7. The summed E-state index contributed by atoms with van der Waals surface area (Å²) in [5.41, 5.74) is 1.71. The van der Waals surface area contributed by atoms with E-state index in [1.54, 1.807) is 12.3 Å². The molecule has 0 radical (unpaired) electrons. The number of thiazole rings is 2. The summed E-state index contributed by atoms with van der Waals surface area (Å²) in [4.78, 5) is 65.6. The molecule has 3 aromatic rings. The van der Waals surface area contributed by atoms with Gasteiger partial charge in [-0.05, 0) is 37.7 Å². The topological polar surface area (TPSA) is 155 Å². The van der Waals surface area contributed by atoms with E-state index >= 15 is 0 Å². The van der Waals surface area contributed by atoms with Crippen molar-refractivity contribution >= 4 is 51.4 Å². The Bertz CT molecular complexity index is 1520. The summed E-state index contributed by atoms with van der Waals surface area (Å²) in [6.45, 7) is 8.72. The van der Waals surface area contributed by atoms with Gasteiger partial charge in [0.25, 0.3) is 11.8 Å². The van der Waals surface area contributed by atoms with Crippen LogP contribution in [0.25, 0.3) is 0 Å². The number of hydrogen-bond acceptors (Lipinski definition) is 10. The van der Waals surface area contributed by atoms with Crippen LogP contribution in [0.2, 0.25) is 0 Å². The molecule has 46 heavy (non-hydrogen) atoms. The third-order valence-electron chi connectivity index (χ3n) is 8.00. The number of anilines is 1. The molecule has 0 aliphatic carbocycles. The summed E-state index contributed by atoms with van der Waals surface area (Å²) in [7, 11) is 0. The van der Waals surface area contributed by atoms with Crippen LogP contribution in [0.15, 0.2) is 35.7 Å². The number of fused-ring (bicyclic) bond motifs is 2. The minimum absolute atomic E-state index is 0.0438. The van der Waals surface area contributed by atoms with Crippen LogP contribution in [0.3, 0.4) is 0 Å². The zero-order valence-electron chi connectivity index (χ0n) is 26.3. The molecule has 2 aromatic heterocycles. The van der Waals surface area contributed by atoms with E-state index in [1.165, 1.54) is 22.7 Å². The normalized spacial score (nSPS) is 21.8. The van der Waals surface area contributed by atoms with Crippen LogP contribution in [-0.4, -0.2) is 78.5 Å². The molecule has 5 rings (SSSR count). The predicted molar refractivity (Wildman–Crippen MR) is 177 cm³/mol. The summed E-state index contributed by atoms with van der Waals surface area (Å²) in [5.74, 6) is -1.48. The van der Waals surface area contributed by atoms with Gasteiger partial charge in [-0.1, -0.05) is 55.5 Å². The number of aromatic nitrogens is 2. The van der Waals surface area contributed by atoms with Gasteiger partial charge in [-0.2, -0.15) is 0 Å². The molecule has 14 heteroatoms. The number of amides is 4. The Morgan fingerprint density at radius 2 is 1.83 bits per heavy atom. The van der Waals surface area contributed by atoms with Gasteiger partial charge in [0.1, 0.15) is 27.7 Å². The number of ether oxygens (including phenoxy) is 1. The highest BCUT2D eigenvalue weighted by Gasteiger charge is 2.30. The van der Waals surface area contributed by atoms with E-state index in [1.807, 2.05) is 44.2 Å². The van der Waals surface area contributed by atoms with Crippen molar-refractivity contribution in [3.05, 3.63) is 62.5 Å². The third kappa shape index (κ3) is 8.47. The molecular weight excluding hydrogens is 627 g/mol. The zero-order valence-corrected chi connectivity index (χ0v) is 28.0. The minimum atomic E-state index is -0.820. The van der Waals surface area contributed by atoms with Crippen LogP contribution < -0.4 is 26.2 Å². The highest BCUT2D eigenvalue weighted by atomic mass is 32.1. The summed E-state index contributed by atoms with van der Waals surface area (Å²) >= 11 is 2.59. The van der Waals surface area contributed by atoms with E-state index in [2.05, 4.69) is 36.1 Å². The standard InChI is InChI=1S/C32H41N7O5S2/c1-19(2)25-31-37-24(18-45-31)29(42)36-23(17-21-9-5-4-6-10-21)27(40)33-12-8-7-11-22(28(41)38-25)35-30(43)26-20(3)34-32(46-26)39-13-15-44-16-14-39/h4-6,9-10,18-19,22-23,25H,7-8,11-17H2,1-3H3,(H,33,40)(H,35,43)(H,36,42)(H,38,41)/t22-,23+,25+/m0/s1. The average molecular weight is 668 g/mol. The second-order valence-corrected chi connectivity index (χ2v) is 13.7. The minimum Gasteiger partial charge on any atom is -0.378 e. The maximum absolute atomic E-state index is 13.7. The Kier molecular flexibility index (Phi) is 11.4. The Balaban J connectivity index is 1.35. The molecule has 2 aliphatic rings. The number of nitrogens with zero attached hydrogens (tertiary/aromatic N) is 3. The Labute approximate surface area is 276 Å². The molecule has 0 saturated carbocycles. The molecule has 0 spiro atoms. The lowest BCUT2D eigenvalue weighted by molar-refractivity contribution is -0.124. The van der Waals surface area contributed by atoms with E-state index in [0.29, 0.717) is 74.1 Å². The van der Waals surface area contributed by atoms with Crippen molar-refractivity contribution in [2.45, 2.75) is 64.6 Å². The second kappa shape index (κ2) is 15.6. The Hall–Kier alpha value is -3.88. The predicted octanol–water partition coefficient (Wildman–Crippen LogP) is 3.00. The van der Waals surface area contributed by atoms with Gasteiger partial charge in [-0.25, -0.2) is 9.97 Å². The summed E-state index contributed by atoms with van der Waals surface area (Å²) < 4.78 is 5.44. The quantitative estimate of drug-likeness (QED) is 0.313. The molecule has 4 heterocycles. The highest BCUT2D eigenvalue weighted by molar-refractivity contribution is 7.17. The van der Waals surface area contributed by atoms with Crippen molar-refractivity contribution in [2.75, 3.05) is 37.7 Å². The van der Waals surface area contributed by atoms with Crippen molar-refractivity contribution in [3.63, 3.8) is 0 Å². The number of hydrogen-bond donors (Lipinski definition) is 4. The van der Waals surface area contributed by atoms with E-state index in [9.17, 15) is 19.2 Å². The fourth-order valence-corrected chi connectivity index (χ4v) is 7.42. The fraction of sp³-hybridized carbons (Fsp3) is 0.500. The third-order valence-corrected chi connectivity index (χ3v) is 10.1. The molecule has 4 amide bonds. The van der Waals surface area contributed by atoms with Gasteiger partial charge in [0.2, 0.25) is 11.8 Å². The molecule has 1 fully saturated rings. The Morgan fingerprint density at radius 1 is 1.07 bits per heavy atom. The van der Waals surface area contributed by atoms with Crippen molar-refractivity contribution in [1.82, 2.24) is 31.2 Å². The van der Waals surface area contributed by atoms with Gasteiger partial charge in [-0.15, -0.1) is 11.3 Å². The largest absolute Gasteiger partial charge is 0.378 e. The maximum Gasteiger partial charge on any atom is 0.271 e. The van der Waals surface area contributed by atoms with E-state index in [-0.39, 0.29) is 29.3 Å². The van der Waals surface area contributed by atoms with E-state index in [4.69, 9.17) is 4.74 Å². The van der Waals surface area contributed by atoms with Gasteiger partial charge in [-0.3, -0.25) is 19.2 Å². The SMILES string of the molecule is Cc1nc(N2CCOCC2)sc1C(=O)N[C@H]1CCCCNC(=O)[C@@H](Cc2ccccc2)NC(=O)c2csc(n2)[C@@H](C(C)C)NC1=O. The second-order valence-electron chi connectivity index (χ2n) is 11.8. The number of carbonyl (C=O) groups excluding carboxylic acids is 4. The van der Waals surface area contributed by atoms with Gasteiger partial charge < -0.3 is 30.9 Å². The monoisotopic (exact) mass is 667 g/mol. The summed E-state index contributed by atoms with van der Waals surface area (Å²) in [6.07, 6.45) is 1.86. The fourth-order valence-electron chi connectivity index (χ4n) is 5.38. The summed E-state index contributed by atoms with van der Waals surface area (Å²) in [6, 6.07) is 7.44. The average Bonchev–Trinajstić information content (AvgIpc) is 3.70. The molecule has 1 aromatic carbocycles. The van der Waals surface area contributed by atoms with E-state index in [0.717, 1.165) is 10.7 Å². The summed E-state index contributed by atoms with van der Waals surface area (Å²) in [5, 5.41) is 14.8. The number of rotatable bonds is 6. The van der Waals surface area contributed by atoms with Gasteiger partial charge >= 0.3 is 0 Å². The van der Waals surface area contributed by atoms with Crippen LogP contribution in [-0.2, 0) is 20.7 Å². The number of morpholine rings is 1. The molecule has 3 atom stereocenters. The maximum atomic E-state index is 13.7. The first kappa shape index (κ1) is 33.5. The van der Waals surface area contributed by atoms with Crippen LogP contribution in [0.5, 0.6) is 0 Å². The van der Waals surface area contributed by atoms with Crippen molar-refractivity contribution in [3.8, 4) is 0 Å². The first-order valence-corrected chi connectivity index (χ1v) is 17.4. The molecule has 0 unspecified atom stereocenters. The number of nitrogens with one attached hydrogen (secondary N) is 4. The zero-order chi connectivity index (χ0) is 32.6. The number of aryl methyl sites for hydroxylation is 1. The highest BCUT2D eigenvalue weighted by Crippen LogP contribution is 2.28. The molecule has 1 saturated heterocycles. The molecule has 246 valence electrons. The smallest absolute Gasteiger partial charge is 0.271 e. The van der Waals surface area contributed by atoms with Crippen molar-refractivity contribution in [2.24, 2.45) is 5.92 Å². The molecule has 2 bridgehead atoms. The van der Waals surface area contributed by atoms with Crippen LogP contribution in [0, 0.1) is 12.8 Å². The van der Waals surface area contributed by atoms with Crippen LogP contribution >= 0.6 is 22.7 Å². The Morgan fingerprint density at radius 3 is 2.57 bits per heavy atom. The lowest BCUT2D eigenvalue weighted by atomic mass is 10.0. The lowest BCUT2D eigenvalue weighted by Crippen LogP contribution is -2.49. The molecule has 12 nitrogen and oxygen atoms in total. The van der Waals surface area contributed by atoms with Crippen LogP contribution in [0.4, 0.5) is 5.13 Å². The van der Waals surface area contributed by atoms with E-state index < -0.39 is 24.0 Å². The first-order chi connectivity index (χ1) is 22.2. The molecule has 4 N–H and O–H groups in total. The van der Waals surface area contributed by atoms with Gasteiger partial charge in [0.15, 0.2) is 5.13 Å². The van der Waals surface area contributed by atoms with Crippen molar-refractivity contribution in [1.29, 1.82) is 0 Å². The molecular formula is C32H41N7O5S2. The molecule has 2 aliphatic heterocycles. The van der Waals surface area contributed by atoms with Gasteiger partial charge in [0.05, 0.1) is 24.9 Å². The van der Waals surface area contributed by atoms with Crippen LogP contribution in [0.1, 0.15) is 75.6 Å².